The number of hydrogen-bond acceptors (Lipinski definition) is 3. The van der Waals surface area contributed by atoms with Crippen LogP contribution in [-0.4, -0.2) is 18.9 Å². The smallest absolute Gasteiger partial charge is 0.333 e. The summed E-state index contributed by atoms with van der Waals surface area (Å²) in [6, 6.07) is 7.11. The van der Waals surface area contributed by atoms with E-state index in [1.54, 1.807) is 25.1 Å². The van der Waals surface area contributed by atoms with Gasteiger partial charge in [0.15, 0.2) is 5.78 Å². The number of ketones is 1. The Labute approximate surface area is 122 Å². The molecule has 1 aliphatic carbocycles. The summed E-state index contributed by atoms with van der Waals surface area (Å²) in [7, 11) is 1.28. The van der Waals surface area contributed by atoms with Crippen LogP contribution in [0.1, 0.15) is 22.8 Å². The number of benzene rings is 1. The molecule has 0 atom stereocenters. The topological polar surface area (TPSA) is 43.4 Å². The van der Waals surface area contributed by atoms with Gasteiger partial charge in [0.25, 0.3) is 0 Å². The van der Waals surface area contributed by atoms with Crippen molar-refractivity contribution in [1.82, 2.24) is 0 Å². The fourth-order valence-corrected chi connectivity index (χ4v) is 2.28. The third-order valence-electron chi connectivity index (χ3n) is 3.11. The van der Waals surface area contributed by atoms with Crippen LogP contribution >= 0.6 is 11.6 Å². The molecule has 2 rings (SSSR count). The normalized spacial score (nSPS) is 15.2. The van der Waals surface area contributed by atoms with Gasteiger partial charge in [0, 0.05) is 16.7 Å². The maximum atomic E-state index is 12.4. The zero-order valence-electron chi connectivity index (χ0n) is 11.2. The number of hydrogen-bond donors (Lipinski definition) is 0. The number of fused-ring (bicyclic) bond motifs is 1. The first kappa shape index (κ1) is 14.3. The monoisotopic (exact) mass is 288 g/mol. The van der Waals surface area contributed by atoms with Crippen molar-refractivity contribution in [2.75, 3.05) is 7.11 Å². The summed E-state index contributed by atoms with van der Waals surface area (Å²) in [6.07, 6.45) is 1.44. The molecule has 0 amide bonds. The highest BCUT2D eigenvalue weighted by atomic mass is 35.5. The van der Waals surface area contributed by atoms with Crippen LogP contribution in [0.25, 0.3) is 5.57 Å². The van der Waals surface area contributed by atoms with Crippen molar-refractivity contribution in [3.8, 4) is 0 Å². The Balaban J connectivity index is 2.56. The number of halogens is 1. The third kappa shape index (κ3) is 2.32. The minimum absolute atomic E-state index is 0.221. The van der Waals surface area contributed by atoms with Crippen molar-refractivity contribution in [1.29, 1.82) is 0 Å². The van der Waals surface area contributed by atoms with E-state index in [-0.39, 0.29) is 16.4 Å². The molecule has 1 aliphatic rings. The van der Waals surface area contributed by atoms with Crippen LogP contribution in [0.2, 0.25) is 0 Å². The van der Waals surface area contributed by atoms with Crippen LogP contribution in [0.3, 0.4) is 0 Å². The Bertz CT molecular complexity index is 681. The van der Waals surface area contributed by atoms with Crippen LogP contribution < -0.4 is 0 Å². The molecule has 0 bridgehead atoms. The summed E-state index contributed by atoms with van der Waals surface area (Å²) in [6.45, 7) is 5.48. The fraction of sp³-hybridized carbons (Fsp3) is 0.125. The van der Waals surface area contributed by atoms with Crippen molar-refractivity contribution in [3.05, 3.63) is 64.2 Å². The zero-order valence-corrected chi connectivity index (χ0v) is 12.0. The molecule has 20 heavy (non-hydrogen) atoms. The Hall–Kier alpha value is -2.13. The molecule has 102 valence electrons. The largest absolute Gasteiger partial charge is 0.466 e. The molecule has 0 spiro atoms. The second-order valence-electron chi connectivity index (χ2n) is 4.40. The van der Waals surface area contributed by atoms with Crippen molar-refractivity contribution in [3.63, 3.8) is 0 Å². The molecule has 0 radical (unpaired) electrons. The predicted octanol–water partition coefficient (Wildman–Crippen LogP) is 3.51. The lowest BCUT2D eigenvalue weighted by molar-refractivity contribution is -0.136. The van der Waals surface area contributed by atoms with Crippen molar-refractivity contribution < 1.29 is 14.3 Å². The minimum Gasteiger partial charge on any atom is -0.466 e. The van der Waals surface area contributed by atoms with E-state index in [9.17, 15) is 9.59 Å². The van der Waals surface area contributed by atoms with Crippen molar-refractivity contribution in [2.45, 2.75) is 6.92 Å². The number of allylic oxidation sites excluding steroid dienone is 4. The lowest BCUT2D eigenvalue weighted by atomic mass is 9.87. The molecule has 4 heteroatoms. The molecular formula is C16H13ClO3. The highest BCUT2D eigenvalue weighted by Gasteiger charge is 2.26. The van der Waals surface area contributed by atoms with Gasteiger partial charge in [0.1, 0.15) is 0 Å². The third-order valence-corrected chi connectivity index (χ3v) is 3.54. The Morgan fingerprint density at radius 2 is 1.90 bits per heavy atom. The van der Waals surface area contributed by atoms with Gasteiger partial charge >= 0.3 is 5.97 Å². The van der Waals surface area contributed by atoms with Gasteiger partial charge in [0.05, 0.1) is 12.1 Å². The number of carbonyl (C=O) groups excluding carboxylic acids is 2. The van der Waals surface area contributed by atoms with E-state index in [4.69, 9.17) is 11.6 Å². The summed E-state index contributed by atoms with van der Waals surface area (Å²) in [4.78, 5) is 23.9. The summed E-state index contributed by atoms with van der Waals surface area (Å²) < 4.78 is 4.61. The van der Waals surface area contributed by atoms with Gasteiger partial charge in [-0.3, -0.25) is 4.79 Å². The molecule has 0 N–H and O–H groups in total. The second kappa shape index (κ2) is 5.47. The zero-order chi connectivity index (χ0) is 14.9. The SMILES string of the molecule is C=C1C(Cl)=C(/C=C(/C)C(=O)OC)C(=O)c2ccccc21. The number of rotatable bonds is 2. The Morgan fingerprint density at radius 1 is 1.30 bits per heavy atom. The number of Topliss-reactive ketones (excluding diaryl/α,β-unsaturated/α-hetero) is 1. The lowest BCUT2D eigenvalue weighted by Gasteiger charge is -2.19. The van der Waals surface area contributed by atoms with Crippen molar-refractivity contribution in [2.24, 2.45) is 0 Å². The lowest BCUT2D eigenvalue weighted by Crippen LogP contribution is -2.13. The van der Waals surface area contributed by atoms with Crippen LogP contribution in [0, 0.1) is 0 Å². The Kier molecular flexibility index (Phi) is 3.91. The molecule has 0 saturated heterocycles. The van der Waals surface area contributed by atoms with E-state index in [1.165, 1.54) is 13.2 Å². The minimum atomic E-state index is -0.501. The number of methoxy groups -OCH3 is 1. The van der Waals surface area contributed by atoms with Gasteiger partial charge in [-0.25, -0.2) is 4.79 Å². The highest BCUT2D eigenvalue weighted by molar-refractivity contribution is 6.42. The van der Waals surface area contributed by atoms with E-state index in [1.807, 2.05) is 6.07 Å². The number of ether oxygens (including phenoxy) is 1. The predicted molar refractivity (Wildman–Crippen MR) is 78.5 cm³/mol. The van der Waals surface area contributed by atoms with Gasteiger partial charge in [0.2, 0.25) is 0 Å². The molecule has 1 aromatic carbocycles. The van der Waals surface area contributed by atoms with E-state index < -0.39 is 5.97 Å². The molecule has 0 saturated carbocycles. The van der Waals surface area contributed by atoms with Crippen molar-refractivity contribution >= 4 is 28.9 Å². The average molecular weight is 289 g/mol. The van der Waals surface area contributed by atoms with Crippen LogP contribution in [0.5, 0.6) is 0 Å². The first-order chi connectivity index (χ1) is 9.47. The molecule has 0 fully saturated rings. The summed E-state index contributed by atoms with van der Waals surface area (Å²) >= 11 is 6.21. The van der Waals surface area contributed by atoms with Gasteiger partial charge < -0.3 is 4.74 Å². The first-order valence-electron chi connectivity index (χ1n) is 5.97. The molecule has 1 aromatic rings. The second-order valence-corrected chi connectivity index (χ2v) is 4.78. The molecule has 3 nitrogen and oxygen atoms in total. The quantitative estimate of drug-likeness (QED) is 0.618. The molecule has 0 aromatic heterocycles. The maximum absolute atomic E-state index is 12.4. The fourth-order valence-electron chi connectivity index (χ4n) is 2.04. The summed E-state index contributed by atoms with van der Waals surface area (Å²) in [5.74, 6) is -0.722. The highest BCUT2D eigenvalue weighted by Crippen LogP contribution is 2.37. The van der Waals surface area contributed by atoms with Crippen LogP contribution in [0.4, 0.5) is 0 Å². The van der Waals surface area contributed by atoms with Crippen LogP contribution in [-0.2, 0) is 9.53 Å². The van der Waals surface area contributed by atoms with E-state index in [0.717, 1.165) is 5.56 Å². The summed E-state index contributed by atoms with van der Waals surface area (Å²) in [5.41, 5.74) is 2.39. The first-order valence-corrected chi connectivity index (χ1v) is 6.35. The molecule has 0 aliphatic heterocycles. The molecular weight excluding hydrogens is 276 g/mol. The standard InChI is InChI=1S/C16H13ClO3/c1-9(16(19)20-3)8-13-14(17)10(2)11-6-4-5-7-12(11)15(13)18/h4-8H,2H2,1,3H3/b9-8-. The van der Waals surface area contributed by atoms with E-state index in [0.29, 0.717) is 16.7 Å². The number of carbonyl (C=O) groups is 2. The maximum Gasteiger partial charge on any atom is 0.333 e. The molecule has 0 unspecified atom stereocenters. The Morgan fingerprint density at radius 3 is 2.50 bits per heavy atom. The van der Waals surface area contributed by atoms with E-state index in [2.05, 4.69) is 11.3 Å². The number of esters is 1. The van der Waals surface area contributed by atoms with Gasteiger partial charge in [-0.05, 0) is 24.1 Å². The molecule has 0 heterocycles. The van der Waals surface area contributed by atoms with Gasteiger partial charge in [-0.15, -0.1) is 0 Å². The summed E-state index contributed by atoms with van der Waals surface area (Å²) in [5, 5.41) is 0.261. The average Bonchev–Trinajstić information content (AvgIpc) is 2.48. The van der Waals surface area contributed by atoms with Gasteiger partial charge in [-0.2, -0.15) is 0 Å². The van der Waals surface area contributed by atoms with Gasteiger partial charge in [-0.1, -0.05) is 42.4 Å². The van der Waals surface area contributed by atoms with Crippen LogP contribution in [0.15, 0.2) is 53.1 Å². The van der Waals surface area contributed by atoms with E-state index >= 15 is 0 Å².